The Balaban J connectivity index is 2.07. The number of carboxylic acids is 1. The summed E-state index contributed by atoms with van der Waals surface area (Å²) in [5.74, 6) is -4.18. The number of carbonyl (C=O) groups is 2. The van der Waals surface area contributed by atoms with Gasteiger partial charge in [-0.05, 0) is 43.9 Å². The zero-order chi connectivity index (χ0) is 16.7. The topological polar surface area (TPSA) is 118 Å². The summed E-state index contributed by atoms with van der Waals surface area (Å²) in [6.45, 7) is 0. The van der Waals surface area contributed by atoms with Crippen molar-refractivity contribution < 1.29 is 41.2 Å². The van der Waals surface area contributed by atoms with Crippen LogP contribution >= 0.6 is 0 Å². The van der Waals surface area contributed by atoms with E-state index < -0.39 is 45.3 Å². The Morgan fingerprint density at radius 3 is 2.32 bits per heavy atom. The van der Waals surface area contributed by atoms with Gasteiger partial charge in [-0.15, -0.1) is 0 Å². The van der Waals surface area contributed by atoms with E-state index in [-0.39, 0.29) is 18.8 Å². The smallest absolute Gasteiger partial charge is 0.465 e. The number of carboxylic acid groups (broad SMARTS) is 1. The highest BCUT2D eigenvalue weighted by Gasteiger charge is 2.55. The van der Waals surface area contributed by atoms with Crippen LogP contribution in [0.5, 0.6) is 0 Å². The minimum absolute atomic E-state index is 0.136. The summed E-state index contributed by atoms with van der Waals surface area (Å²) >= 11 is 0. The molecule has 2 bridgehead atoms. The Bertz CT molecular complexity index is 574. The number of rotatable bonds is 4. The van der Waals surface area contributed by atoms with Crippen molar-refractivity contribution in [2.75, 3.05) is 0 Å². The lowest BCUT2D eigenvalue weighted by atomic mass is 9.67. The summed E-state index contributed by atoms with van der Waals surface area (Å²) < 4.78 is 60.4. The summed E-state index contributed by atoms with van der Waals surface area (Å²) in [6, 6.07) is 0. The van der Waals surface area contributed by atoms with Gasteiger partial charge in [-0.25, -0.2) is 4.79 Å². The van der Waals surface area contributed by atoms with Crippen LogP contribution in [-0.2, 0) is 24.4 Å². The highest BCUT2D eigenvalue weighted by Crippen LogP contribution is 2.44. The van der Waals surface area contributed by atoms with Crippen molar-refractivity contribution in [2.24, 2.45) is 17.8 Å². The molecule has 2 aliphatic rings. The molecule has 0 radical (unpaired) electrons. The zero-order valence-corrected chi connectivity index (χ0v) is 12.3. The molecule has 2 aliphatic carbocycles. The summed E-state index contributed by atoms with van der Waals surface area (Å²) in [5, 5.41) is 4.03. The molecule has 2 saturated carbocycles. The van der Waals surface area contributed by atoms with Crippen molar-refractivity contribution in [1.29, 1.82) is 0 Å². The third-order valence-electron chi connectivity index (χ3n) is 4.40. The standard InChI is InChI=1S/C12H16F2O7S/c13-12(14,22(18,19)20)11(17)21-9-2-1-6-3-7(9)5-8(4-6)10(15)16/h6-9H,1-5H2,(H,15,16)(H,18,19,20). The normalized spacial score (nSPS) is 32.3. The van der Waals surface area contributed by atoms with Gasteiger partial charge in [0, 0.05) is 0 Å². The summed E-state index contributed by atoms with van der Waals surface area (Å²) in [5.41, 5.74) is 0. The van der Waals surface area contributed by atoms with Crippen LogP contribution in [-0.4, -0.2) is 41.4 Å². The highest BCUT2D eigenvalue weighted by molar-refractivity contribution is 7.87. The largest absolute Gasteiger partial charge is 0.481 e. The van der Waals surface area contributed by atoms with E-state index in [1.807, 2.05) is 0 Å². The van der Waals surface area contributed by atoms with Crippen LogP contribution in [0.15, 0.2) is 0 Å². The predicted molar refractivity (Wildman–Crippen MR) is 67.6 cm³/mol. The molecule has 0 spiro atoms. The lowest BCUT2D eigenvalue weighted by molar-refractivity contribution is -0.174. The number of alkyl halides is 2. The molecule has 0 amide bonds. The molecule has 0 aliphatic heterocycles. The fourth-order valence-electron chi connectivity index (χ4n) is 3.33. The Morgan fingerprint density at radius 2 is 1.77 bits per heavy atom. The molecule has 2 N–H and O–H groups in total. The van der Waals surface area contributed by atoms with E-state index in [0.717, 1.165) is 0 Å². The Labute approximate surface area is 125 Å². The van der Waals surface area contributed by atoms with Gasteiger partial charge in [-0.2, -0.15) is 17.2 Å². The van der Waals surface area contributed by atoms with Crippen LogP contribution in [0.4, 0.5) is 8.78 Å². The van der Waals surface area contributed by atoms with Crippen LogP contribution in [0.3, 0.4) is 0 Å². The molecule has 0 aromatic heterocycles. The lowest BCUT2D eigenvalue weighted by Gasteiger charge is -2.42. The third kappa shape index (κ3) is 3.22. The van der Waals surface area contributed by atoms with Crippen molar-refractivity contribution in [3.05, 3.63) is 0 Å². The maximum absolute atomic E-state index is 13.2. The first-order valence-electron chi connectivity index (χ1n) is 6.81. The molecule has 4 unspecified atom stereocenters. The van der Waals surface area contributed by atoms with Gasteiger partial charge in [0.05, 0.1) is 5.92 Å². The van der Waals surface area contributed by atoms with E-state index in [1.165, 1.54) is 0 Å². The van der Waals surface area contributed by atoms with Gasteiger partial charge < -0.3 is 9.84 Å². The average molecular weight is 342 g/mol. The number of hydrogen-bond acceptors (Lipinski definition) is 5. The second kappa shape index (κ2) is 5.73. The molecular formula is C12H16F2O7S. The van der Waals surface area contributed by atoms with Gasteiger partial charge >= 0.3 is 27.3 Å². The number of aliphatic carboxylic acids is 1. The fraction of sp³-hybridized carbons (Fsp3) is 0.833. The number of hydrogen-bond donors (Lipinski definition) is 2. The number of carbonyl (C=O) groups excluding carboxylic acids is 1. The molecule has 126 valence electrons. The average Bonchev–Trinajstić information content (AvgIpc) is 2.40. The second-order valence-corrected chi connectivity index (χ2v) is 7.34. The Morgan fingerprint density at radius 1 is 1.14 bits per heavy atom. The zero-order valence-electron chi connectivity index (χ0n) is 11.4. The van der Waals surface area contributed by atoms with E-state index in [1.54, 1.807) is 0 Å². The van der Waals surface area contributed by atoms with E-state index >= 15 is 0 Å². The molecule has 4 atom stereocenters. The number of ether oxygens (including phenoxy) is 1. The Kier molecular flexibility index (Phi) is 4.44. The minimum Gasteiger partial charge on any atom is -0.481 e. The molecule has 10 heteroatoms. The quantitative estimate of drug-likeness (QED) is 0.584. The monoisotopic (exact) mass is 342 g/mol. The molecule has 2 fully saturated rings. The Hall–Kier alpha value is -1.29. The van der Waals surface area contributed by atoms with Crippen molar-refractivity contribution in [3.8, 4) is 0 Å². The molecule has 7 nitrogen and oxygen atoms in total. The molecule has 0 aromatic rings. The summed E-state index contributed by atoms with van der Waals surface area (Å²) in [7, 11) is -5.90. The first-order valence-corrected chi connectivity index (χ1v) is 8.25. The van der Waals surface area contributed by atoms with E-state index in [0.29, 0.717) is 19.3 Å². The predicted octanol–water partition coefficient (Wildman–Crippen LogP) is 1.29. The molecule has 0 heterocycles. The van der Waals surface area contributed by atoms with Crippen molar-refractivity contribution >= 4 is 22.1 Å². The molecule has 0 aromatic carbocycles. The number of halogens is 2. The van der Waals surface area contributed by atoms with E-state index in [4.69, 9.17) is 9.66 Å². The van der Waals surface area contributed by atoms with E-state index in [9.17, 15) is 26.8 Å². The first kappa shape index (κ1) is 17.1. The van der Waals surface area contributed by atoms with Crippen molar-refractivity contribution in [3.63, 3.8) is 0 Å². The molecule has 2 rings (SSSR count). The number of esters is 1. The van der Waals surface area contributed by atoms with Crippen LogP contribution in [0.25, 0.3) is 0 Å². The highest BCUT2D eigenvalue weighted by atomic mass is 32.2. The first-order chi connectivity index (χ1) is 10.0. The van der Waals surface area contributed by atoms with Crippen molar-refractivity contribution in [1.82, 2.24) is 0 Å². The lowest BCUT2D eigenvalue weighted by Crippen LogP contribution is -2.45. The summed E-state index contributed by atoms with van der Waals surface area (Å²) in [6.07, 6.45) is 1.09. The van der Waals surface area contributed by atoms with Gasteiger partial charge in [0.15, 0.2) is 0 Å². The number of fused-ring (bicyclic) bond motifs is 2. The van der Waals surface area contributed by atoms with Gasteiger partial charge in [0.2, 0.25) is 0 Å². The second-order valence-electron chi connectivity index (χ2n) is 5.88. The minimum atomic E-state index is -5.90. The van der Waals surface area contributed by atoms with Crippen LogP contribution < -0.4 is 0 Å². The van der Waals surface area contributed by atoms with Gasteiger partial charge in [-0.1, -0.05) is 0 Å². The third-order valence-corrected chi connectivity index (χ3v) is 5.21. The van der Waals surface area contributed by atoms with Crippen molar-refractivity contribution in [2.45, 2.75) is 43.5 Å². The van der Waals surface area contributed by atoms with Gasteiger partial charge in [-0.3, -0.25) is 9.35 Å². The molecule has 0 saturated heterocycles. The maximum atomic E-state index is 13.2. The van der Waals surface area contributed by atoms with Crippen LogP contribution in [0, 0.1) is 17.8 Å². The van der Waals surface area contributed by atoms with Crippen LogP contribution in [0.1, 0.15) is 32.1 Å². The molecule has 22 heavy (non-hydrogen) atoms. The van der Waals surface area contributed by atoms with Crippen LogP contribution in [0.2, 0.25) is 0 Å². The van der Waals surface area contributed by atoms with E-state index in [2.05, 4.69) is 4.74 Å². The van der Waals surface area contributed by atoms with Gasteiger partial charge in [0.25, 0.3) is 0 Å². The SMILES string of the molecule is O=C(O)C1CC2CCC(OC(=O)C(F)(F)S(=O)(=O)O)C(C2)C1. The fourth-order valence-corrected chi connectivity index (χ4v) is 3.59. The maximum Gasteiger partial charge on any atom is 0.465 e. The van der Waals surface area contributed by atoms with Gasteiger partial charge in [0.1, 0.15) is 6.10 Å². The molecular weight excluding hydrogens is 326 g/mol. The summed E-state index contributed by atoms with van der Waals surface area (Å²) in [4.78, 5) is 22.4.